The number of alkyl halides is 1. The van der Waals surface area contributed by atoms with E-state index in [1.165, 1.54) is 12.1 Å². The fraction of sp³-hybridized carbons (Fsp3) is 0.487. The van der Waals surface area contributed by atoms with Crippen molar-refractivity contribution in [2.75, 3.05) is 89.1 Å². The van der Waals surface area contributed by atoms with Gasteiger partial charge in [-0.25, -0.2) is 17.7 Å². The Labute approximate surface area is 338 Å². The average molecular weight is 883 g/mol. The van der Waals surface area contributed by atoms with Crippen molar-refractivity contribution in [1.29, 1.82) is 0 Å². The summed E-state index contributed by atoms with van der Waals surface area (Å²) in [6, 6.07) is 15.2. The molecule has 1 amide bonds. The van der Waals surface area contributed by atoms with E-state index in [-0.39, 0.29) is 34.8 Å². The number of benzene rings is 3. The van der Waals surface area contributed by atoms with Gasteiger partial charge in [0.15, 0.2) is 0 Å². The number of amides is 1. The molecule has 0 bridgehead atoms. The lowest BCUT2D eigenvalue weighted by Crippen LogP contribution is -2.29. The van der Waals surface area contributed by atoms with Crippen LogP contribution in [0.3, 0.4) is 0 Å². The Morgan fingerprint density at radius 1 is 0.804 bits per heavy atom. The molecular formula is C39H54BrN4O10S2+. The van der Waals surface area contributed by atoms with Crippen LogP contribution in [0.2, 0.25) is 0 Å². The molecule has 2 aliphatic rings. The van der Waals surface area contributed by atoms with Crippen molar-refractivity contribution < 1.29 is 44.8 Å². The minimum atomic E-state index is -4.91. The third-order valence-electron chi connectivity index (χ3n) is 9.17. The topological polar surface area (TPSA) is 177 Å². The highest BCUT2D eigenvalue weighted by Gasteiger charge is 2.27. The standard InChI is InChI=1S/C39H53BrN4O10S2/c1-5-43(6-2)29-11-14-32-35(25-29)54-36-26-30(44(7-3)8-4)12-15-33(36)39(32)34-16-13-31(27-37(34)56(48,49)50)55(46,47)42-18-10-20-52-22-24-53-23-21-51-19-9-17-41-38(45)28-40/h11-16,25-27,42H,5-10,17-24,28H2,1-4H3,(H-,41,45,48,49,50)/p+1. The molecule has 2 aromatic carbocycles. The van der Waals surface area contributed by atoms with E-state index in [1.54, 1.807) is 0 Å². The van der Waals surface area contributed by atoms with E-state index >= 15 is 0 Å². The number of nitrogens with zero attached hydrogens (tertiary/aromatic N) is 2. The first-order chi connectivity index (χ1) is 26.9. The zero-order chi connectivity index (χ0) is 40.7. The Morgan fingerprint density at radius 2 is 1.43 bits per heavy atom. The first-order valence-corrected chi connectivity index (χ1v) is 22.9. The van der Waals surface area contributed by atoms with Crippen LogP contribution < -0.4 is 24.9 Å². The predicted molar refractivity (Wildman–Crippen MR) is 222 cm³/mol. The third-order valence-corrected chi connectivity index (χ3v) is 12.0. The maximum atomic E-state index is 13.4. The number of fused-ring (bicyclic) bond motifs is 2. The molecule has 0 atom stereocenters. The van der Waals surface area contributed by atoms with Gasteiger partial charge in [0, 0.05) is 79.3 Å². The van der Waals surface area contributed by atoms with Crippen LogP contribution in [0.25, 0.3) is 33.4 Å². The Kier molecular flexibility index (Phi) is 17.7. The second kappa shape index (κ2) is 21.9. The summed E-state index contributed by atoms with van der Waals surface area (Å²) in [5.74, 6) is 0.445. The molecule has 0 saturated heterocycles. The molecule has 17 heteroatoms. The first-order valence-electron chi connectivity index (χ1n) is 18.9. The summed E-state index contributed by atoms with van der Waals surface area (Å²) in [6.45, 7) is 14.1. The maximum Gasteiger partial charge on any atom is 0.295 e. The second-order valence-electron chi connectivity index (χ2n) is 12.7. The van der Waals surface area contributed by atoms with Crippen LogP contribution in [0.15, 0.2) is 68.8 Å². The van der Waals surface area contributed by atoms with Crippen LogP contribution in [0, 0.1) is 0 Å². The van der Waals surface area contributed by atoms with Crippen LogP contribution >= 0.6 is 15.9 Å². The van der Waals surface area contributed by atoms with E-state index in [0.29, 0.717) is 80.3 Å². The number of halogens is 1. The molecule has 0 fully saturated rings. The van der Waals surface area contributed by atoms with Crippen molar-refractivity contribution in [3.63, 3.8) is 0 Å². The molecule has 14 nitrogen and oxygen atoms in total. The summed E-state index contributed by atoms with van der Waals surface area (Å²) in [7, 11) is -9.07. The molecule has 0 saturated carbocycles. The monoisotopic (exact) mass is 881 g/mol. The Bertz CT molecular complexity index is 2170. The lowest BCUT2D eigenvalue weighted by Gasteiger charge is -2.22. The molecule has 0 radical (unpaired) electrons. The molecule has 1 heterocycles. The Balaban J connectivity index is 1.48. The van der Waals surface area contributed by atoms with E-state index in [2.05, 4.69) is 63.1 Å². The summed E-state index contributed by atoms with van der Waals surface area (Å²) in [5, 5.41) is 4.55. The van der Waals surface area contributed by atoms with Gasteiger partial charge in [-0.2, -0.15) is 8.42 Å². The Morgan fingerprint density at radius 3 is 2.04 bits per heavy atom. The summed E-state index contributed by atoms with van der Waals surface area (Å²) in [5.41, 5.74) is 2.68. The van der Waals surface area contributed by atoms with Gasteiger partial charge in [-0.15, -0.1) is 0 Å². The summed E-state index contributed by atoms with van der Waals surface area (Å²) >= 11 is 3.09. The minimum absolute atomic E-state index is 0.0370. The van der Waals surface area contributed by atoms with Crippen molar-refractivity contribution in [2.45, 2.75) is 50.3 Å². The van der Waals surface area contributed by atoms with Gasteiger partial charge in [0.2, 0.25) is 21.3 Å². The van der Waals surface area contributed by atoms with Gasteiger partial charge >= 0.3 is 0 Å². The van der Waals surface area contributed by atoms with Gasteiger partial charge in [0.05, 0.1) is 42.7 Å². The molecule has 0 aromatic heterocycles. The lowest BCUT2D eigenvalue weighted by atomic mass is 9.93. The molecule has 308 valence electrons. The number of nitrogens with one attached hydrogen (secondary N) is 2. The quantitative estimate of drug-likeness (QED) is 0.0292. The zero-order valence-electron chi connectivity index (χ0n) is 32.5. The van der Waals surface area contributed by atoms with Gasteiger partial charge < -0.3 is 28.8 Å². The van der Waals surface area contributed by atoms with E-state index < -0.39 is 25.0 Å². The molecule has 0 unspecified atom stereocenters. The normalized spacial score (nSPS) is 12.0. The van der Waals surface area contributed by atoms with Crippen LogP contribution in [0.1, 0.15) is 40.5 Å². The van der Waals surface area contributed by atoms with Crippen molar-refractivity contribution in [3.8, 4) is 22.5 Å². The lowest BCUT2D eigenvalue weighted by molar-refractivity contribution is -0.118. The SMILES string of the molecule is CCN(CC)c1ccc2c(-c3ccc(S(=O)(=O)NCCCOCCOCCOCCCNC(=O)CBr)cc3S(=O)(=O)O)c3ccc(=[N+](CC)CC)cc-3oc2c1. The van der Waals surface area contributed by atoms with Gasteiger partial charge in [-0.3, -0.25) is 9.35 Å². The van der Waals surface area contributed by atoms with Gasteiger partial charge in [0.1, 0.15) is 29.3 Å². The molecule has 1 aliphatic heterocycles. The van der Waals surface area contributed by atoms with E-state index in [4.69, 9.17) is 18.6 Å². The molecule has 0 spiro atoms. The van der Waals surface area contributed by atoms with Crippen molar-refractivity contribution in [3.05, 3.63) is 60.0 Å². The maximum absolute atomic E-state index is 13.4. The number of sulfonamides is 1. The number of hydrogen-bond acceptors (Lipinski definition) is 10. The molecule has 56 heavy (non-hydrogen) atoms. The molecule has 4 rings (SSSR count). The largest absolute Gasteiger partial charge is 0.456 e. The molecule has 3 N–H and O–H groups in total. The number of ether oxygens (including phenoxy) is 3. The second-order valence-corrected chi connectivity index (χ2v) is 16.5. The summed E-state index contributed by atoms with van der Waals surface area (Å²) < 4.78 is 90.9. The number of rotatable bonds is 24. The molecule has 1 aliphatic carbocycles. The highest BCUT2D eigenvalue weighted by molar-refractivity contribution is 9.09. The van der Waals surface area contributed by atoms with Crippen molar-refractivity contribution >= 4 is 58.6 Å². The third kappa shape index (κ3) is 12.3. The zero-order valence-corrected chi connectivity index (χ0v) is 35.7. The number of hydrogen-bond donors (Lipinski definition) is 3. The Hall–Kier alpha value is -3.42. The van der Waals surface area contributed by atoms with Gasteiger partial charge in [0.25, 0.3) is 10.1 Å². The van der Waals surface area contributed by atoms with Crippen molar-refractivity contribution in [2.24, 2.45) is 0 Å². The van der Waals surface area contributed by atoms with Crippen LogP contribution in [0.4, 0.5) is 5.69 Å². The predicted octanol–water partition coefficient (Wildman–Crippen LogP) is 4.73. The van der Waals surface area contributed by atoms with Crippen LogP contribution in [-0.2, 0) is 39.1 Å². The minimum Gasteiger partial charge on any atom is -0.456 e. The van der Waals surface area contributed by atoms with Gasteiger partial charge in [-0.1, -0.05) is 22.0 Å². The highest BCUT2D eigenvalue weighted by atomic mass is 79.9. The number of carbonyl (C=O) groups excluding carboxylic acids is 1. The van der Waals surface area contributed by atoms with Crippen molar-refractivity contribution in [1.82, 2.24) is 14.6 Å². The highest BCUT2D eigenvalue weighted by Crippen LogP contribution is 2.43. The first kappa shape index (κ1) is 45.3. The van der Waals surface area contributed by atoms with Crippen LogP contribution in [-0.4, -0.2) is 112 Å². The van der Waals surface area contributed by atoms with E-state index in [0.717, 1.165) is 43.3 Å². The number of carbonyl (C=O) groups is 1. The number of anilines is 1. The average Bonchev–Trinajstić information content (AvgIpc) is 3.18. The van der Waals surface area contributed by atoms with E-state index in [9.17, 15) is 26.2 Å². The fourth-order valence-corrected chi connectivity index (χ4v) is 8.37. The van der Waals surface area contributed by atoms with E-state index in [1.807, 2.05) is 36.4 Å². The van der Waals surface area contributed by atoms with Gasteiger partial charge in [-0.05, 0) is 70.9 Å². The summed E-state index contributed by atoms with van der Waals surface area (Å²) in [4.78, 5) is 12.5. The smallest absolute Gasteiger partial charge is 0.295 e. The molecular weight excluding hydrogens is 828 g/mol. The van der Waals surface area contributed by atoms with Crippen LogP contribution in [0.5, 0.6) is 0 Å². The molecule has 2 aromatic rings. The fourth-order valence-electron chi connectivity index (χ4n) is 6.27. The summed E-state index contributed by atoms with van der Waals surface area (Å²) in [6.07, 6.45) is 1.06.